The van der Waals surface area contributed by atoms with E-state index in [0.717, 1.165) is 31.1 Å². The second kappa shape index (κ2) is 17.4. The van der Waals surface area contributed by atoms with Gasteiger partial charge in [-0.2, -0.15) is 0 Å². The van der Waals surface area contributed by atoms with Crippen molar-refractivity contribution in [2.45, 2.75) is 113 Å². The maximum Gasteiger partial charge on any atom is 0.408 e. The van der Waals surface area contributed by atoms with E-state index < -0.39 is 68.7 Å². The highest BCUT2D eigenvalue weighted by atomic mass is 35.5. The largest absolute Gasteiger partial charge is 0.497 e. The Hall–Kier alpha value is -5.09. The van der Waals surface area contributed by atoms with Gasteiger partial charge >= 0.3 is 6.09 Å². The maximum absolute atomic E-state index is 15.1. The van der Waals surface area contributed by atoms with E-state index in [1.807, 2.05) is 43.3 Å². The Labute approximate surface area is 378 Å². The Balaban J connectivity index is 1.06. The molecule has 1 aromatic heterocycles. The summed E-state index contributed by atoms with van der Waals surface area (Å²) in [6, 6.07) is 10.5. The molecule has 5 fully saturated rings. The number of aromatic nitrogens is 1. The van der Waals surface area contributed by atoms with E-state index in [2.05, 4.69) is 22.3 Å². The molecule has 3 heterocycles. The van der Waals surface area contributed by atoms with Gasteiger partial charge < -0.3 is 34.5 Å². The summed E-state index contributed by atoms with van der Waals surface area (Å²) < 4.78 is 51.9. The first-order valence-electron chi connectivity index (χ1n) is 22.5. The zero-order valence-electron chi connectivity index (χ0n) is 36.5. The summed E-state index contributed by atoms with van der Waals surface area (Å²) in [6.07, 6.45) is 8.10. The fourth-order valence-electron chi connectivity index (χ4n) is 10.1. The molecule has 64 heavy (non-hydrogen) atoms. The average Bonchev–Trinajstić information content (AvgIpc) is 4.23. The van der Waals surface area contributed by atoms with Crippen LogP contribution in [0.15, 0.2) is 54.6 Å². The number of sulfonamides is 1. The second-order valence-corrected chi connectivity index (χ2v) is 21.2. The minimum atomic E-state index is -3.93. The van der Waals surface area contributed by atoms with Crippen molar-refractivity contribution < 1.29 is 46.5 Å². The van der Waals surface area contributed by atoms with Crippen LogP contribution in [0, 0.1) is 29.6 Å². The zero-order chi connectivity index (χ0) is 45.1. The number of fused-ring (bicyclic) bond motifs is 4. The van der Waals surface area contributed by atoms with Crippen LogP contribution in [0.2, 0.25) is 5.02 Å². The zero-order valence-corrected chi connectivity index (χ0v) is 38.1. The second-order valence-electron chi connectivity index (χ2n) is 18.9. The smallest absolute Gasteiger partial charge is 0.408 e. The molecule has 6 aliphatic rings. The molecule has 3 N–H and O–H groups in total. The topological polar surface area (TPSA) is 192 Å². The van der Waals surface area contributed by atoms with Gasteiger partial charge in [0.25, 0.3) is 5.91 Å². The molecule has 2 aliphatic heterocycles. The van der Waals surface area contributed by atoms with Crippen molar-refractivity contribution in [2.24, 2.45) is 29.6 Å². The number of alkyl carbamates (subject to hydrolysis) is 1. The van der Waals surface area contributed by atoms with Gasteiger partial charge in [0.2, 0.25) is 27.7 Å². The summed E-state index contributed by atoms with van der Waals surface area (Å²) in [5, 5.41) is 7.00. The number of hydrogen-bond acceptors (Lipinski definition) is 11. The molecule has 17 heteroatoms. The predicted octanol–water partition coefficient (Wildman–Crippen LogP) is 6.31. The van der Waals surface area contributed by atoms with Crippen molar-refractivity contribution in [1.29, 1.82) is 0 Å². The SMILES string of the molecule is COc1ccc2c(O[C@@H]3C[C@H]4C(=O)N[C@]5(C(=O)NS(=O)(=O)C6CC6)C[C@H]5/C=C\CC[C@H](C)C[C@@H](C)[C@H](NC(=O)O[C@@H]5C[C@@H]6C[C@@H]6C5)C(=O)N4C3)nc(-c3ccc(OC)c(Cl)c3)cc2c1. The first kappa shape index (κ1) is 44.1. The van der Waals surface area contributed by atoms with E-state index >= 15 is 4.79 Å². The molecule has 0 unspecified atom stereocenters. The Kier molecular flexibility index (Phi) is 12.0. The van der Waals surface area contributed by atoms with Crippen LogP contribution in [0.4, 0.5) is 4.79 Å². The third-order valence-electron chi connectivity index (χ3n) is 14.1. The fraction of sp³-hybridized carbons (Fsp3) is 0.553. The van der Waals surface area contributed by atoms with E-state index in [-0.39, 0.29) is 43.2 Å². The molecule has 0 radical (unpaired) electrons. The molecular weight excluding hydrogens is 862 g/mol. The first-order valence-corrected chi connectivity index (χ1v) is 24.4. The van der Waals surface area contributed by atoms with Gasteiger partial charge in [0.05, 0.1) is 36.7 Å². The molecule has 15 nitrogen and oxygen atoms in total. The number of hydrogen-bond donors (Lipinski definition) is 3. The van der Waals surface area contributed by atoms with Crippen LogP contribution in [0.25, 0.3) is 22.0 Å². The van der Waals surface area contributed by atoms with Gasteiger partial charge in [-0.1, -0.05) is 37.6 Å². The van der Waals surface area contributed by atoms with Crippen molar-refractivity contribution in [3.05, 3.63) is 59.6 Å². The summed E-state index contributed by atoms with van der Waals surface area (Å²) in [5.41, 5.74) is -0.321. The normalized spacial score (nSPS) is 31.8. The van der Waals surface area contributed by atoms with E-state index in [4.69, 9.17) is 35.5 Å². The summed E-state index contributed by atoms with van der Waals surface area (Å²) in [4.78, 5) is 63.9. The summed E-state index contributed by atoms with van der Waals surface area (Å²) >= 11 is 6.55. The van der Waals surface area contributed by atoms with Gasteiger partial charge in [0.1, 0.15) is 41.3 Å². The molecule has 0 spiro atoms. The number of nitrogens with zero attached hydrogens (tertiary/aromatic N) is 2. The van der Waals surface area contributed by atoms with E-state index in [1.54, 1.807) is 25.3 Å². The average molecular weight is 919 g/mol. The summed E-state index contributed by atoms with van der Waals surface area (Å²) in [7, 11) is -0.826. The highest BCUT2D eigenvalue weighted by Crippen LogP contribution is 2.52. The minimum Gasteiger partial charge on any atom is -0.497 e. The molecule has 3 aromatic rings. The number of rotatable bonds is 10. The third-order valence-corrected chi connectivity index (χ3v) is 16.2. The number of benzene rings is 2. The van der Waals surface area contributed by atoms with Crippen LogP contribution in [-0.4, -0.2) is 98.0 Å². The minimum absolute atomic E-state index is 0.000865. The number of pyridine rings is 1. The monoisotopic (exact) mass is 917 g/mol. The molecule has 4 saturated carbocycles. The maximum atomic E-state index is 15.1. The van der Waals surface area contributed by atoms with Crippen LogP contribution in [0.5, 0.6) is 17.4 Å². The lowest BCUT2D eigenvalue weighted by Crippen LogP contribution is -2.59. The molecule has 10 atom stereocenters. The molecule has 4 amide bonds. The first-order chi connectivity index (χ1) is 30.6. The van der Waals surface area contributed by atoms with Crippen LogP contribution in [0.3, 0.4) is 0 Å². The fourth-order valence-corrected chi connectivity index (χ4v) is 11.7. The molecular formula is C47H56ClN5O10S. The van der Waals surface area contributed by atoms with E-state index in [0.29, 0.717) is 70.7 Å². The molecule has 2 aromatic carbocycles. The number of carbonyl (C=O) groups is 4. The highest BCUT2D eigenvalue weighted by molar-refractivity contribution is 7.91. The van der Waals surface area contributed by atoms with Crippen LogP contribution < -0.4 is 29.6 Å². The van der Waals surface area contributed by atoms with Gasteiger partial charge in [-0.3, -0.25) is 19.1 Å². The van der Waals surface area contributed by atoms with Gasteiger partial charge in [-0.15, -0.1) is 0 Å². The quantitative estimate of drug-likeness (QED) is 0.193. The Morgan fingerprint density at radius 1 is 0.938 bits per heavy atom. The number of ether oxygens (including phenoxy) is 4. The lowest BCUT2D eigenvalue weighted by Gasteiger charge is -2.33. The van der Waals surface area contributed by atoms with Crippen molar-refractivity contribution in [2.75, 3.05) is 20.8 Å². The Morgan fingerprint density at radius 3 is 2.44 bits per heavy atom. The van der Waals surface area contributed by atoms with Crippen LogP contribution >= 0.6 is 11.6 Å². The van der Waals surface area contributed by atoms with Crippen molar-refractivity contribution in [1.82, 2.24) is 25.2 Å². The number of halogens is 1. The highest BCUT2D eigenvalue weighted by Gasteiger charge is 2.62. The molecule has 1 saturated heterocycles. The van der Waals surface area contributed by atoms with Crippen molar-refractivity contribution >= 4 is 56.2 Å². The number of carbonyl (C=O) groups excluding carboxylic acids is 4. The van der Waals surface area contributed by atoms with Gasteiger partial charge in [0, 0.05) is 23.3 Å². The number of methoxy groups -OCH3 is 2. The van der Waals surface area contributed by atoms with Gasteiger partial charge in [-0.05, 0) is 129 Å². The Bertz CT molecular complexity index is 2490. The van der Waals surface area contributed by atoms with E-state index in [9.17, 15) is 22.8 Å². The lowest BCUT2D eigenvalue weighted by atomic mass is 9.88. The van der Waals surface area contributed by atoms with Gasteiger partial charge in [0.15, 0.2) is 0 Å². The summed E-state index contributed by atoms with van der Waals surface area (Å²) in [6.45, 7) is 3.96. The lowest BCUT2D eigenvalue weighted by molar-refractivity contribution is -0.142. The molecule has 342 valence electrons. The number of allylic oxidation sites excluding steroid dienone is 1. The van der Waals surface area contributed by atoms with Crippen LogP contribution in [0.1, 0.15) is 78.1 Å². The Morgan fingerprint density at radius 2 is 1.72 bits per heavy atom. The summed E-state index contributed by atoms with van der Waals surface area (Å²) in [5.74, 6) is -0.0760. The predicted molar refractivity (Wildman–Crippen MR) is 238 cm³/mol. The van der Waals surface area contributed by atoms with E-state index in [1.165, 1.54) is 12.0 Å². The van der Waals surface area contributed by atoms with Crippen molar-refractivity contribution in [3.63, 3.8) is 0 Å². The third kappa shape index (κ3) is 9.09. The number of nitrogens with one attached hydrogen (secondary N) is 3. The molecule has 9 rings (SSSR count). The van der Waals surface area contributed by atoms with Crippen LogP contribution in [-0.2, 0) is 29.1 Å². The molecule has 0 bridgehead atoms. The van der Waals surface area contributed by atoms with Crippen molar-refractivity contribution in [3.8, 4) is 28.6 Å². The number of amides is 4. The molecule has 4 aliphatic carbocycles. The van der Waals surface area contributed by atoms with Gasteiger partial charge in [-0.25, -0.2) is 18.2 Å². The standard InChI is InChI=1S/C47H56ClN5O10S/c1-25-7-5-6-8-31-23-47(31,45(56)52-64(58,59)35-11-12-35)51-42(54)39-22-34(24-53(39)44(55)41(26(2)15-25)50-46(57)63-33-17-28-16-29(28)18-33)62-43-36-13-10-32(60-3)19-30(36)21-38(49-43)27-9-14-40(61-4)37(48)20-27/h6,8-10,13-14,19-21,25-26,28-29,31,33-35,39,41H,5,7,11-12,15-18,22-24H2,1-4H3,(H,50,57)(H,51,54)(H,52,56)/b8-6-/t25-,26+,28-,29+,31+,33+,34+,39-,41-,47+/m0/s1.